The second-order valence-electron chi connectivity index (χ2n) is 6.36. The summed E-state index contributed by atoms with van der Waals surface area (Å²) >= 11 is 0. The Hall–Kier alpha value is -2.17. The highest BCUT2D eigenvalue weighted by Crippen LogP contribution is 2.19. The van der Waals surface area contributed by atoms with Crippen LogP contribution in [0.15, 0.2) is 54.9 Å². The molecule has 1 N–H and O–H groups in total. The molecule has 1 saturated heterocycles. The summed E-state index contributed by atoms with van der Waals surface area (Å²) in [6.07, 6.45) is 1.90. The van der Waals surface area contributed by atoms with Crippen molar-refractivity contribution in [2.24, 2.45) is 0 Å². The van der Waals surface area contributed by atoms with Crippen LogP contribution in [0.3, 0.4) is 0 Å². The molecule has 1 aliphatic heterocycles. The molecule has 23 heavy (non-hydrogen) atoms. The average molecular weight is 306 g/mol. The third kappa shape index (κ3) is 3.00. The van der Waals surface area contributed by atoms with Crippen LogP contribution in [0.25, 0.3) is 16.7 Å². The Kier molecular flexibility index (Phi) is 3.85. The lowest BCUT2D eigenvalue weighted by molar-refractivity contribution is 0.199. The van der Waals surface area contributed by atoms with Crippen LogP contribution in [0.1, 0.15) is 12.5 Å². The molecule has 1 fully saturated rings. The number of nitrogens with zero attached hydrogens (tertiary/aromatic N) is 3. The van der Waals surface area contributed by atoms with Gasteiger partial charge in [0.25, 0.3) is 0 Å². The van der Waals surface area contributed by atoms with Crippen molar-refractivity contribution in [2.75, 3.05) is 19.6 Å². The zero-order valence-corrected chi connectivity index (χ0v) is 13.4. The lowest BCUT2D eigenvalue weighted by Crippen LogP contribution is -2.48. The van der Waals surface area contributed by atoms with Gasteiger partial charge in [-0.05, 0) is 36.8 Å². The largest absolute Gasteiger partial charge is 0.312 e. The van der Waals surface area contributed by atoms with Gasteiger partial charge in [0.2, 0.25) is 0 Å². The Bertz CT molecular complexity index is 790. The Balaban J connectivity index is 1.54. The third-order valence-electron chi connectivity index (χ3n) is 4.53. The first-order valence-corrected chi connectivity index (χ1v) is 8.27. The molecule has 118 valence electrons. The molecule has 0 spiro atoms. The minimum absolute atomic E-state index is 0.584. The van der Waals surface area contributed by atoms with Crippen molar-refractivity contribution < 1.29 is 0 Å². The Morgan fingerprint density at radius 1 is 1.13 bits per heavy atom. The molecule has 0 aliphatic carbocycles. The highest BCUT2D eigenvalue weighted by molar-refractivity contribution is 5.77. The van der Waals surface area contributed by atoms with Gasteiger partial charge in [-0.2, -0.15) is 0 Å². The maximum Gasteiger partial charge on any atom is 0.100 e. The first-order chi connectivity index (χ1) is 11.3. The second-order valence-corrected chi connectivity index (χ2v) is 6.36. The fraction of sp³-hybridized carbons (Fsp3) is 0.316. The quantitative estimate of drug-likeness (QED) is 0.808. The number of imidazole rings is 1. The van der Waals surface area contributed by atoms with Gasteiger partial charge in [-0.3, -0.25) is 9.47 Å². The Morgan fingerprint density at radius 3 is 2.78 bits per heavy atom. The number of fused-ring (bicyclic) bond motifs is 1. The molecule has 1 aromatic heterocycles. The van der Waals surface area contributed by atoms with Crippen LogP contribution in [0, 0.1) is 0 Å². The lowest BCUT2D eigenvalue weighted by atomic mass is 10.1. The van der Waals surface area contributed by atoms with Gasteiger partial charge in [-0.1, -0.05) is 24.3 Å². The van der Waals surface area contributed by atoms with E-state index < -0.39 is 0 Å². The maximum atomic E-state index is 4.47. The van der Waals surface area contributed by atoms with Crippen molar-refractivity contribution in [1.82, 2.24) is 19.8 Å². The Labute approximate surface area is 136 Å². The van der Waals surface area contributed by atoms with E-state index >= 15 is 0 Å². The van der Waals surface area contributed by atoms with Crippen LogP contribution in [0.5, 0.6) is 0 Å². The molecule has 4 rings (SSSR count). The van der Waals surface area contributed by atoms with Crippen LogP contribution in [0.4, 0.5) is 0 Å². The van der Waals surface area contributed by atoms with Gasteiger partial charge in [0, 0.05) is 37.9 Å². The molecule has 1 atom stereocenters. The van der Waals surface area contributed by atoms with E-state index in [1.54, 1.807) is 0 Å². The van der Waals surface area contributed by atoms with E-state index in [4.69, 9.17) is 0 Å². The second kappa shape index (κ2) is 6.14. The van der Waals surface area contributed by atoms with Crippen LogP contribution in [-0.4, -0.2) is 40.1 Å². The van der Waals surface area contributed by atoms with E-state index in [1.807, 2.05) is 18.5 Å². The third-order valence-corrected chi connectivity index (χ3v) is 4.53. The summed E-state index contributed by atoms with van der Waals surface area (Å²) in [4.78, 5) is 6.98. The standard InChI is InChI=1S/C19H22N4/c1-15-12-22(11-10-20-15)13-16-6-8-17(9-7-16)23-14-21-18-4-2-3-5-19(18)23/h2-9,14-15,20H,10-13H2,1H3/t15-/m0/s1. The summed E-state index contributed by atoms with van der Waals surface area (Å²) in [5.41, 5.74) is 4.71. The number of nitrogens with one attached hydrogen (secondary N) is 1. The first kappa shape index (κ1) is 14.4. The van der Waals surface area contributed by atoms with Crippen molar-refractivity contribution in [2.45, 2.75) is 19.5 Å². The molecule has 0 amide bonds. The summed E-state index contributed by atoms with van der Waals surface area (Å²) in [5.74, 6) is 0. The van der Waals surface area contributed by atoms with Crippen molar-refractivity contribution in [3.8, 4) is 5.69 Å². The number of benzene rings is 2. The number of aromatic nitrogens is 2. The Morgan fingerprint density at radius 2 is 1.96 bits per heavy atom. The highest BCUT2D eigenvalue weighted by Gasteiger charge is 2.15. The van der Waals surface area contributed by atoms with E-state index in [0.717, 1.165) is 42.9 Å². The van der Waals surface area contributed by atoms with Gasteiger partial charge in [0.15, 0.2) is 0 Å². The van der Waals surface area contributed by atoms with Gasteiger partial charge in [-0.25, -0.2) is 4.98 Å². The fourth-order valence-electron chi connectivity index (χ4n) is 3.34. The van der Waals surface area contributed by atoms with Crippen LogP contribution < -0.4 is 5.32 Å². The molecule has 2 heterocycles. The smallest absolute Gasteiger partial charge is 0.100 e. The fourth-order valence-corrected chi connectivity index (χ4v) is 3.34. The minimum Gasteiger partial charge on any atom is -0.312 e. The summed E-state index contributed by atoms with van der Waals surface area (Å²) < 4.78 is 2.14. The highest BCUT2D eigenvalue weighted by atomic mass is 15.2. The molecule has 4 heteroatoms. The van der Waals surface area contributed by atoms with Crippen LogP contribution >= 0.6 is 0 Å². The molecule has 0 bridgehead atoms. The van der Waals surface area contributed by atoms with Crippen LogP contribution in [-0.2, 0) is 6.54 Å². The summed E-state index contributed by atoms with van der Waals surface area (Å²) in [6, 6.07) is 17.7. The molecule has 3 aromatic rings. The van der Waals surface area contributed by atoms with E-state index in [0.29, 0.717) is 6.04 Å². The molecule has 4 nitrogen and oxygen atoms in total. The molecule has 0 unspecified atom stereocenters. The van der Waals surface area contributed by atoms with Crippen LogP contribution in [0.2, 0.25) is 0 Å². The van der Waals surface area contributed by atoms with E-state index in [-0.39, 0.29) is 0 Å². The molecule has 2 aromatic carbocycles. The van der Waals surface area contributed by atoms with Crippen molar-refractivity contribution in [1.29, 1.82) is 0 Å². The molecular formula is C19H22N4. The van der Waals surface area contributed by atoms with E-state index in [9.17, 15) is 0 Å². The number of para-hydroxylation sites is 2. The van der Waals surface area contributed by atoms with Gasteiger partial charge >= 0.3 is 0 Å². The van der Waals surface area contributed by atoms with E-state index in [1.165, 1.54) is 5.56 Å². The first-order valence-electron chi connectivity index (χ1n) is 8.27. The monoisotopic (exact) mass is 306 g/mol. The molecular weight excluding hydrogens is 284 g/mol. The zero-order valence-electron chi connectivity index (χ0n) is 13.4. The zero-order chi connectivity index (χ0) is 15.6. The van der Waals surface area contributed by atoms with Gasteiger partial charge in [0.05, 0.1) is 11.0 Å². The molecule has 0 saturated carbocycles. The van der Waals surface area contributed by atoms with E-state index in [2.05, 4.69) is 63.1 Å². The van der Waals surface area contributed by atoms with Crippen molar-refractivity contribution in [3.05, 3.63) is 60.4 Å². The summed E-state index contributed by atoms with van der Waals surface area (Å²) in [7, 11) is 0. The predicted octanol–water partition coefficient (Wildman–Crippen LogP) is 2.82. The number of hydrogen-bond donors (Lipinski definition) is 1. The average Bonchev–Trinajstić information content (AvgIpc) is 3.00. The van der Waals surface area contributed by atoms with Gasteiger partial charge in [0.1, 0.15) is 6.33 Å². The minimum atomic E-state index is 0.584. The summed E-state index contributed by atoms with van der Waals surface area (Å²) in [5, 5.41) is 3.49. The molecule has 0 radical (unpaired) electrons. The summed E-state index contributed by atoms with van der Waals surface area (Å²) in [6.45, 7) is 6.60. The number of hydrogen-bond acceptors (Lipinski definition) is 3. The van der Waals surface area contributed by atoms with Crippen molar-refractivity contribution in [3.63, 3.8) is 0 Å². The number of piperazine rings is 1. The van der Waals surface area contributed by atoms with Gasteiger partial charge in [-0.15, -0.1) is 0 Å². The van der Waals surface area contributed by atoms with Crippen molar-refractivity contribution >= 4 is 11.0 Å². The lowest BCUT2D eigenvalue weighted by Gasteiger charge is -2.31. The number of rotatable bonds is 3. The van der Waals surface area contributed by atoms with Gasteiger partial charge < -0.3 is 5.32 Å². The SMILES string of the molecule is C[C@H]1CN(Cc2ccc(-n3cnc4ccccc43)cc2)CCN1. The topological polar surface area (TPSA) is 33.1 Å². The predicted molar refractivity (Wildman–Crippen MR) is 93.8 cm³/mol. The maximum absolute atomic E-state index is 4.47. The normalized spacial score (nSPS) is 19.3. The molecule has 1 aliphatic rings.